The third kappa shape index (κ3) is 3.87. The summed E-state index contributed by atoms with van der Waals surface area (Å²) in [6.07, 6.45) is -0.189. The molecule has 0 aromatic carbocycles. The van der Waals surface area contributed by atoms with Crippen molar-refractivity contribution in [3.8, 4) is 0 Å². The first kappa shape index (κ1) is 15.3. The number of carbonyl (C=O) groups excluding carboxylic acids is 1. The molecule has 1 saturated heterocycles. The van der Waals surface area contributed by atoms with Crippen molar-refractivity contribution in [2.75, 3.05) is 13.1 Å². The van der Waals surface area contributed by atoms with E-state index < -0.39 is 5.60 Å². The highest BCUT2D eigenvalue weighted by Gasteiger charge is 2.35. The van der Waals surface area contributed by atoms with Crippen LogP contribution in [0.4, 0.5) is 4.79 Å². The van der Waals surface area contributed by atoms with Gasteiger partial charge in [0.15, 0.2) is 0 Å². The lowest BCUT2D eigenvalue weighted by molar-refractivity contribution is -0.0199. The molecular weight excluding hydrogens is 228 g/mol. The third-order valence-corrected chi connectivity index (χ3v) is 3.28. The molecule has 0 aliphatic carbocycles. The minimum absolute atomic E-state index is 0.189. The molecule has 1 aliphatic heterocycles. The lowest BCUT2D eigenvalue weighted by atomic mass is 10.1. The SMILES string of the molecule is CC(C)N1CC(C)N(C(=O)OC(C)(C)C)C(C)C1. The van der Waals surface area contributed by atoms with Crippen molar-refractivity contribution in [3.63, 3.8) is 0 Å². The predicted molar refractivity (Wildman–Crippen MR) is 73.7 cm³/mol. The Kier molecular flexibility index (Phi) is 4.65. The van der Waals surface area contributed by atoms with Crippen molar-refractivity contribution in [2.45, 2.75) is 72.2 Å². The second kappa shape index (κ2) is 5.47. The zero-order valence-corrected chi connectivity index (χ0v) is 12.9. The van der Waals surface area contributed by atoms with Gasteiger partial charge in [-0.2, -0.15) is 0 Å². The van der Waals surface area contributed by atoms with Gasteiger partial charge in [0.1, 0.15) is 5.60 Å². The van der Waals surface area contributed by atoms with E-state index in [0.29, 0.717) is 6.04 Å². The van der Waals surface area contributed by atoms with Gasteiger partial charge in [-0.05, 0) is 48.5 Å². The van der Waals surface area contributed by atoms with E-state index in [1.165, 1.54) is 0 Å². The maximum absolute atomic E-state index is 12.2. The van der Waals surface area contributed by atoms with E-state index in [-0.39, 0.29) is 18.2 Å². The summed E-state index contributed by atoms with van der Waals surface area (Å²) in [5.41, 5.74) is -0.425. The molecule has 2 atom stereocenters. The monoisotopic (exact) mass is 256 g/mol. The second-order valence-corrected chi connectivity index (χ2v) is 6.63. The highest BCUT2D eigenvalue weighted by Crippen LogP contribution is 2.20. The molecule has 4 nitrogen and oxygen atoms in total. The van der Waals surface area contributed by atoms with Crippen LogP contribution in [0.25, 0.3) is 0 Å². The van der Waals surface area contributed by atoms with Crippen LogP contribution in [0.15, 0.2) is 0 Å². The van der Waals surface area contributed by atoms with E-state index in [4.69, 9.17) is 4.74 Å². The van der Waals surface area contributed by atoms with E-state index in [0.717, 1.165) is 13.1 Å². The largest absolute Gasteiger partial charge is 0.444 e. The van der Waals surface area contributed by atoms with Crippen LogP contribution >= 0.6 is 0 Å². The number of hydrogen-bond acceptors (Lipinski definition) is 3. The molecule has 0 aromatic rings. The Labute approximate surface area is 111 Å². The van der Waals surface area contributed by atoms with Crippen molar-refractivity contribution in [3.05, 3.63) is 0 Å². The second-order valence-electron chi connectivity index (χ2n) is 6.63. The predicted octanol–water partition coefficient (Wildman–Crippen LogP) is 2.72. The van der Waals surface area contributed by atoms with Crippen molar-refractivity contribution >= 4 is 6.09 Å². The molecule has 0 aromatic heterocycles. The van der Waals surface area contributed by atoms with Gasteiger partial charge in [0.25, 0.3) is 0 Å². The van der Waals surface area contributed by atoms with Gasteiger partial charge in [-0.15, -0.1) is 0 Å². The number of piperazine rings is 1. The first-order chi connectivity index (χ1) is 8.11. The average Bonchev–Trinajstić information content (AvgIpc) is 2.12. The van der Waals surface area contributed by atoms with Crippen LogP contribution in [0.2, 0.25) is 0 Å². The van der Waals surface area contributed by atoms with E-state index in [9.17, 15) is 4.79 Å². The first-order valence-electron chi connectivity index (χ1n) is 6.87. The number of carbonyl (C=O) groups is 1. The smallest absolute Gasteiger partial charge is 0.410 e. The van der Waals surface area contributed by atoms with Gasteiger partial charge in [-0.25, -0.2) is 4.79 Å². The fourth-order valence-corrected chi connectivity index (χ4v) is 2.46. The highest BCUT2D eigenvalue weighted by molar-refractivity contribution is 5.69. The van der Waals surface area contributed by atoms with E-state index in [1.54, 1.807) is 0 Å². The van der Waals surface area contributed by atoms with E-state index in [1.807, 2.05) is 25.7 Å². The fraction of sp³-hybridized carbons (Fsp3) is 0.929. The van der Waals surface area contributed by atoms with Crippen LogP contribution in [0, 0.1) is 0 Å². The quantitative estimate of drug-likeness (QED) is 0.723. The summed E-state index contributed by atoms with van der Waals surface area (Å²) in [7, 11) is 0. The summed E-state index contributed by atoms with van der Waals surface area (Å²) >= 11 is 0. The third-order valence-electron chi connectivity index (χ3n) is 3.28. The van der Waals surface area contributed by atoms with Gasteiger partial charge in [0.2, 0.25) is 0 Å². The van der Waals surface area contributed by atoms with Crippen molar-refractivity contribution in [1.82, 2.24) is 9.80 Å². The standard InChI is InChI=1S/C14H28N2O2/c1-10(2)15-8-11(3)16(12(4)9-15)13(17)18-14(5,6)7/h10-12H,8-9H2,1-7H3. The van der Waals surface area contributed by atoms with Crippen LogP contribution in [-0.4, -0.2) is 52.7 Å². The maximum Gasteiger partial charge on any atom is 0.410 e. The molecule has 0 spiro atoms. The lowest BCUT2D eigenvalue weighted by Gasteiger charge is -2.45. The number of hydrogen-bond donors (Lipinski definition) is 0. The summed E-state index contributed by atoms with van der Waals surface area (Å²) < 4.78 is 5.48. The molecule has 18 heavy (non-hydrogen) atoms. The van der Waals surface area contributed by atoms with E-state index >= 15 is 0 Å². The number of nitrogens with zero attached hydrogens (tertiary/aromatic N) is 2. The maximum atomic E-state index is 12.2. The summed E-state index contributed by atoms with van der Waals surface area (Å²) in [5.74, 6) is 0. The summed E-state index contributed by atoms with van der Waals surface area (Å²) in [6.45, 7) is 16.1. The molecule has 0 N–H and O–H groups in total. The van der Waals surface area contributed by atoms with Gasteiger partial charge in [-0.3, -0.25) is 4.90 Å². The zero-order valence-electron chi connectivity index (χ0n) is 12.9. The van der Waals surface area contributed by atoms with Crippen LogP contribution in [0.1, 0.15) is 48.5 Å². The van der Waals surface area contributed by atoms with Crippen LogP contribution in [-0.2, 0) is 4.74 Å². The molecule has 1 amide bonds. The summed E-state index contributed by atoms with van der Waals surface area (Å²) in [6, 6.07) is 0.924. The molecule has 0 bridgehead atoms. The van der Waals surface area contributed by atoms with Gasteiger partial charge < -0.3 is 9.64 Å². The van der Waals surface area contributed by atoms with Crippen LogP contribution < -0.4 is 0 Å². The summed E-state index contributed by atoms with van der Waals surface area (Å²) in [4.78, 5) is 16.5. The Bertz CT molecular complexity index is 285. The number of ether oxygens (including phenoxy) is 1. The molecule has 1 fully saturated rings. The Hall–Kier alpha value is -0.770. The normalized spacial score (nSPS) is 26.6. The van der Waals surface area contributed by atoms with Gasteiger partial charge >= 0.3 is 6.09 Å². The molecule has 106 valence electrons. The van der Waals surface area contributed by atoms with Crippen LogP contribution in [0.3, 0.4) is 0 Å². The van der Waals surface area contributed by atoms with Gasteiger partial charge in [0.05, 0.1) is 0 Å². The van der Waals surface area contributed by atoms with Crippen LogP contribution in [0.5, 0.6) is 0 Å². The highest BCUT2D eigenvalue weighted by atomic mass is 16.6. The molecule has 1 heterocycles. The first-order valence-corrected chi connectivity index (χ1v) is 6.87. The minimum Gasteiger partial charge on any atom is -0.444 e. The van der Waals surface area contributed by atoms with Gasteiger partial charge in [0, 0.05) is 31.2 Å². The Morgan fingerprint density at radius 3 is 1.94 bits per heavy atom. The zero-order chi connectivity index (χ0) is 14.1. The Balaban J connectivity index is 2.70. The topological polar surface area (TPSA) is 32.8 Å². The lowest BCUT2D eigenvalue weighted by Crippen LogP contribution is -2.60. The van der Waals surface area contributed by atoms with Crippen molar-refractivity contribution < 1.29 is 9.53 Å². The Morgan fingerprint density at radius 1 is 1.17 bits per heavy atom. The van der Waals surface area contributed by atoms with Crippen molar-refractivity contribution in [2.24, 2.45) is 0 Å². The fourth-order valence-electron chi connectivity index (χ4n) is 2.46. The molecule has 4 heteroatoms. The molecule has 0 saturated carbocycles. The summed E-state index contributed by atoms with van der Waals surface area (Å²) in [5, 5.41) is 0. The molecular formula is C14H28N2O2. The number of amides is 1. The molecule has 1 rings (SSSR count). The average molecular weight is 256 g/mol. The molecule has 2 unspecified atom stereocenters. The molecule has 0 radical (unpaired) electrons. The van der Waals surface area contributed by atoms with Gasteiger partial charge in [-0.1, -0.05) is 0 Å². The Morgan fingerprint density at radius 2 is 1.61 bits per heavy atom. The van der Waals surface area contributed by atoms with Crippen molar-refractivity contribution in [1.29, 1.82) is 0 Å². The molecule has 1 aliphatic rings. The minimum atomic E-state index is -0.425. The van der Waals surface area contributed by atoms with E-state index in [2.05, 4.69) is 32.6 Å². The number of rotatable bonds is 1.